The normalized spacial score (nSPS) is 11.5. The van der Waals surface area contributed by atoms with Crippen LogP contribution in [0.25, 0.3) is 22.3 Å². The van der Waals surface area contributed by atoms with Crippen molar-refractivity contribution in [3.05, 3.63) is 114 Å². The van der Waals surface area contributed by atoms with Gasteiger partial charge < -0.3 is 5.21 Å². The van der Waals surface area contributed by atoms with Gasteiger partial charge in [0.25, 0.3) is 0 Å². The van der Waals surface area contributed by atoms with Crippen LogP contribution < -0.4 is 4.73 Å². The number of halogens is 6. The number of aromatic nitrogens is 2. The third-order valence-corrected chi connectivity index (χ3v) is 4.57. The molecule has 0 saturated carbocycles. The van der Waals surface area contributed by atoms with Crippen LogP contribution in [0.5, 0.6) is 0 Å². The van der Waals surface area contributed by atoms with Crippen molar-refractivity contribution in [2.45, 2.75) is 12.4 Å². The number of nitrogens with zero attached hydrogens (tertiary/aromatic N) is 2. The highest BCUT2D eigenvalue weighted by Crippen LogP contribution is 2.31. The van der Waals surface area contributed by atoms with Crippen LogP contribution >= 0.6 is 0 Å². The third-order valence-electron chi connectivity index (χ3n) is 4.57. The van der Waals surface area contributed by atoms with E-state index in [0.29, 0.717) is 15.9 Å². The minimum atomic E-state index is -4.33. The molecule has 2 aromatic carbocycles. The van der Waals surface area contributed by atoms with Gasteiger partial charge in [0.05, 0.1) is 11.1 Å². The third kappa shape index (κ3) is 6.55. The Morgan fingerprint density at radius 1 is 0.515 bits per heavy atom. The molecule has 170 valence electrons. The van der Waals surface area contributed by atoms with Crippen LogP contribution in [0.4, 0.5) is 26.3 Å². The van der Waals surface area contributed by atoms with Gasteiger partial charge in [0, 0.05) is 24.5 Å². The van der Waals surface area contributed by atoms with Crippen molar-refractivity contribution in [2.75, 3.05) is 0 Å². The second kappa shape index (κ2) is 9.72. The Hall–Kier alpha value is -3.88. The molecule has 0 radical (unpaired) electrons. The van der Waals surface area contributed by atoms with E-state index in [1.807, 2.05) is 0 Å². The summed E-state index contributed by atoms with van der Waals surface area (Å²) in [5.41, 5.74) is 1.62. The molecular weight excluding hydrogens is 446 g/mol. The summed E-state index contributed by atoms with van der Waals surface area (Å²) in [5.74, 6) is 0. The zero-order valence-corrected chi connectivity index (χ0v) is 16.8. The molecule has 2 heterocycles. The summed E-state index contributed by atoms with van der Waals surface area (Å²) in [4.78, 5) is 3.85. The van der Waals surface area contributed by atoms with E-state index in [9.17, 15) is 31.5 Å². The van der Waals surface area contributed by atoms with Gasteiger partial charge >= 0.3 is 12.4 Å². The topological polar surface area (TPSA) is 39.8 Å². The van der Waals surface area contributed by atoms with Gasteiger partial charge in [-0.1, -0.05) is 24.3 Å². The zero-order chi connectivity index (χ0) is 24.1. The molecule has 0 aliphatic heterocycles. The molecule has 0 aliphatic carbocycles. The number of hydrogen-bond acceptors (Lipinski definition) is 2. The Morgan fingerprint density at radius 2 is 0.848 bits per heavy atom. The highest BCUT2D eigenvalue weighted by molar-refractivity contribution is 5.63. The van der Waals surface area contributed by atoms with E-state index in [2.05, 4.69) is 4.98 Å². The van der Waals surface area contributed by atoms with E-state index in [0.717, 1.165) is 35.4 Å². The van der Waals surface area contributed by atoms with Gasteiger partial charge in [-0.05, 0) is 58.7 Å². The van der Waals surface area contributed by atoms with E-state index in [-0.39, 0.29) is 0 Å². The second-order valence-electron chi connectivity index (χ2n) is 6.83. The number of pyridine rings is 2. The van der Waals surface area contributed by atoms with E-state index in [1.165, 1.54) is 36.7 Å². The first-order valence-corrected chi connectivity index (χ1v) is 9.48. The fourth-order valence-electron chi connectivity index (χ4n) is 2.85. The molecule has 3 nitrogen and oxygen atoms in total. The van der Waals surface area contributed by atoms with Crippen molar-refractivity contribution in [3.8, 4) is 22.3 Å². The number of hydrogen-bond donors (Lipinski definition) is 0. The highest BCUT2D eigenvalue weighted by atomic mass is 19.4. The summed E-state index contributed by atoms with van der Waals surface area (Å²) in [6, 6.07) is 16.5. The van der Waals surface area contributed by atoms with Gasteiger partial charge in [-0.15, -0.1) is 0 Å². The molecule has 0 N–H and O–H groups in total. The van der Waals surface area contributed by atoms with Gasteiger partial charge in [0.15, 0.2) is 12.4 Å². The Bertz CT molecular complexity index is 1160. The number of rotatable bonds is 2. The zero-order valence-electron chi connectivity index (χ0n) is 16.8. The van der Waals surface area contributed by atoms with Crippen molar-refractivity contribution in [2.24, 2.45) is 0 Å². The summed E-state index contributed by atoms with van der Waals surface area (Å²) in [6.45, 7) is 0. The first-order valence-electron chi connectivity index (χ1n) is 9.48. The van der Waals surface area contributed by atoms with Crippen molar-refractivity contribution < 1.29 is 31.1 Å². The molecule has 4 rings (SSSR count). The van der Waals surface area contributed by atoms with Crippen LogP contribution in [0.2, 0.25) is 0 Å². The lowest BCUT2D eigenvalue weighted by molar-refractivity contribution is -0.605. The number of alkyl halides is 6. The van der Waals surface area contributed by atoms with Crippen LogP contribution in [-0.2, 0) is 12.4 Å². The minimum Gasteiger partial charge on any atom is -0.619 e. The summed E-state index contributed by atoms with van der Waals surface area (Å²) < 4.78 is 74.5. The highest BCUT2D eigenvalue weighted by Gasteiger charge is 2.30. The molecule has 9 heteroatoms. The van der Waals surface area contributed by atoms with E-state index in [1.54, 1.807) is 36.7 Å². The molecule has 0 unspecified atom stereocenters. The average Bonchev–Trinajstić information content (AvgIpc) is 2.80. The van der Waals surface area contributed by atoms with Crippen LogP contribution in [0.1, 0.15) is 11.1 Å². The van der Waals surface area contributed by atoms with Crippen LogP contribution in [0.3, 0.4) is 0 Å². The predicted molar refractivity (Wildman–Crippen MR) is 111 cm³/mol. The molecular formula is C24H16F6N2O. The average molecular weight is 462 g/mol. The number of benzene rings is 2. The molecule has 33 heavy (non-hydrogen) atoms. The summed E-state index contributed by atoms with van der Waals surface area (Å²) in [5, 5.41) is 10.8. The lowest BCUT2D eigenvalue weighted by atomic mass is 10.1. The quantitative estimate of drug-likeness (QED) is 0.187. The molecule has 0 aliphatic rings. The predicted octanol–water partition coefficient (Wildman–Crippen LogP) is 6.77. The standard InChI is InChI=1S/C12H8F3NO.C12H8F3N/c13-12(14,15)11-3-1-9(2-4-11)10-5-7-16(17)8-6-10;13-12(14,15)11-3-1-9(2-4-11)10-5-7-16-8-6-10/h1-8H;1-8H. The molecule has 4 aromatic rings. The molecule has 0 spiro atoms. The fraction of sp³-hybridized carbons (Fsp3) is 0.0833. The molecule has 0 amide bonds. The molecule has 2 aromatic heterocycles. The van der Waals surface area contributed by atoms with Gasteiger partial charge in [-0.2, -0.15) is 31.1 Å². The smallest absolute Gasteiger partial charge is 0.416 e. The second-order valence-corrected chi connectivity index (χ2v) is 6.83. The first kappa shape index (κ1) is 23.8. The van der Waals surface area contributed by atoms with Crippen molar-refractivity contribution in [1.82, 2.24) is 4.98 Å². The maximum absolute atomic E-state index is 12.3. The van der Waals surface area contributed by atoms with Crippen LogP contribution in [0.15, 0.2) is 97.6 Å². The van der Waals surface area contributed by atoms with Crippen LogP contribution in [0, 0.1) is 5.21 Å². The lowest BCUT2D eigenvalue weighted by Gasteiger charge is -2.07. The van der Waals surface area contributed by atoms with E-state index < -0.39 is 23.5 Å². The lowest BCUT2D eigenvalue weighted by Crippen LogP contribution is -2.23. The molecule has 0 bridgehead atoms. The maximum atomic E-state index is 12.3. The Labute approximate surface area is 185 Å². The van der Waals surface area contributed by atoms with Crippen molar-refractivity contribution >= 4 is 0 Å². The Balaban J connectivity index is 0.000000186. The van der Waals surface area contributed by atoms with E-state index >= 15 is 0 Å². The monoisotopic (exact) mass is 462 g/mol. The Kier molecular flexibility index (Phi) is 7.01. The molecule has 0 saturated heterocycles. The van der Waals surface area contributed by atoms with Gasteiger partial charge in [0.1, 0.15) is 0 Å². The van der Waals surface area contributed by atoms with Crippen molar-refractivity contribution in [1.29, 1.82) is 0 Å². The molecule has 0 atom stereocenters. The largest absolute Gasteiger partial charge is 0.619 e. The SMILES string of the molecule is FC(F)(F)c1ccc(-c2ccncc2)cc1.[O-][n+]1ccc(-c2ccc(C(F)(F)F)cc2)cc1. The van der Waals surface area contributed by atoms with Crippen molar-refractivity contribution in [3.63, 3.8) is 0 Å². The summed E-state index contributed by atoms with van der Waals surface area (Å²) in [6.07, 6.45) is -2.80. The van der Waals surface area contributed by atoms with Gasteiger partial charge in [-0.3, -0.25) is 4.98 Å². The van der Waals surface area contributed by atoms with Gasteiger partial charge in [-0.25, -0.2) is 0 Å². The van der Waals surface area contributed by atoms with E-state index in [4.69, 9.17) is 0 Å². The maximum Gasteiger partial charge on any atom is 0.416 e. The summed E-state index contributed by atoms with van der Waals surface area (Å²) >= 11 is 0. The molecule has 0 fully saturated rings. The Morgan fingerprint density at radius 3 is 1.21 bits per heavy atom. The van der Waals surface area contributed by atoms with Crippen LogP contribution in [-0.4, -0.2) is 4.98 Å². The fourth-order valence-corrected chi connectivity index (χ4v) is 2.85. The minimum absolute atomic E-state index is 0.619. The first-order chi connectivity index (χ1) is 15.5. The van der Waals surface area contributed by atoms with Gasteiger partial charge in [0.2, 0.25) is 0 Å². The summed E-state index contributed by atoms with van der Waals surface area (Å²) in [7, 11) is 0.